The van der Waals surface area contributed by atoms with E-state index in [0.717, 1.165) is 18.7 Å². The van der Waals surface area contributed by atoms with Crippen LogP contribution in [0, 0.1) is 11.8 Å². The van der Waals surface area contributed by atoms with E-state index in [0.29, 0.717) is 0 Å². The van der Waals surface area contributed by atoms with Gasteiger partial charge in [-0.1, -0.05) is 30.0 Å². The normalized spacial score (nSPS) is 10.2. The Kier molecular flexibility index (Phi) is 7.59. The molecule has 0 amide bonds. The van der Waals surface area contributed by atoms with Gasteiger partial charge < -0.3 is 10.0 Å². The molecule has 3 heteroatoms. The minimum Gasteiger partial charge on any atom is -0.384 e. The van der Waals surface area contributed by atoms with E-state index in [2.05, 4.69) is 36.1 Å². The van der Waals surface area contributed by atoms with Gasteiger partial charge in [0.05, 0.1) is 0 Å². The van der Waals surface area contributed by atoms with Crippen LogP contribution >= 0.6 is 11.8 Å². The summed E-state index contributed by atoms with van der Waals surface area (Å²) >= 11 is 1.89. The summed E-state index contributed by atoms with van der Waals surface area (Å²) in [6.45, 7) is 1.92. The molecule has 0 aliphatic rings. The van der Waals surface area contributed by atoms with E-state index >= 15 is 0 Å². The second-order valence-corrected chi connectivity index (χ2v) is 5.19. The van der Waals surface area contributed by atoms with Crippen molar-refractivity contribution in [1.82, 2.24) is 4.90 Å². The second kappa shape index (κ2) is 9.04. The van der Waals surface area contributed by atoms with Crippen molar-refractivity contribution in [3.05, 3.63) is 35.4 Å². The lowest BCUT2D eigenvalue weighted by molar-refractivity contribution is 0.328. The largest absolute Gasteiger partial charge is 0.384 e. The maximum atomic E-state index is 8.76. The Morgan fingerprint density at radius 3 is 2.83 bits per heavy atom. The Labute approximate surface area is 114 Å². The molecule has 0 aliphatic heterocycles. The Bertz CT molecular complexity index is 408. The van der Waals surface area contributed by atoms with Crippen molar-refractivity contribution in [3.8, 4) is 11.8 Å². The third-order valence-electron chi connectivity index (χ3n) is 2.65. The number of aliphatic hydroxyl groups is 1. The third kappa shape index (κ3) is 5.59. The molecule has 1 aromatic carbocycles. The van der Waals surface area contributed by atoms with Crippen molar-refractivity contribution in [1.29, 1.82) is 0 Å². The van der Waals surface area contributed by atoms with Crippen LogP contribution in [0.15, 0.2) is 24.3 Å². The average Bonchev–Trinajstić information content (AvgIpc) is 2.38. The van der Waals surface area contributed by atoms with Gasteiger partial charge in [0.2, 0.25) is 0 Å². The standard InChI is InChI=1S/C15H21NOS/c1-16(10-6-12-18-2)13-15-8-4-3-7-14(15)9-5-11-17/h3-4,7-8,17H,6,10-13H2,1-2H3. The summed E-state index contributed by atoms with van der Waals surface area (Å²) in [6.07, 6.45) is 3.35. The molecule has 0 saturated carbocycles. The summed E-state index contributed by atoms with van der Waals surface area (Å²) in [5.74, 6) is 6.92. The van der Waals surface area contributed by atoms with E-state index in [1.165, 1.54) is 17.7 Å². The molecule has 0 bridgehead atoms. The molecule has 0 aliphatic carbocycles. The van der Waals surface area contributed by atoms with Crippen LogP contribution in [-0.2, 0) is 6.54 Å². The van der Waals surface area contributed by atoms with Gasteiger partial charge in [0.25, 0.3) is 0 Å². The van der Waals surface area contributed by atoms with E-state index in [1.54, 1.807) is 0 Å². The number of benzene rings is 1. The molecule has 98 valence electrons. The first-order valence-electron chi connectivity index (χ1n) is 6.13. The molecule has 0 spiro atoms. The summed E-state index contributed by atoms with van der Waals surface area (Å²) in [5, 5.41) is 8.76. The zero-order valence-corrected chi connectivity index (χ0v) is 12.0. The lowest BCUT2D eigenvalue weighted by atomic mass is 10.1. The predicted octanol–water partition coefficient (Wildman–Crippen LogP) is 2.22. The summed E-state index contributed by atoms with van der Waals surface area (Å²) in [4.78, 5) is 2.32. The van der Waals surface area contributed by atoms with Crippen molar-refractivity contribution < 1.29 is 5.11 Å². The molecule has 0 radical (unpaired) electrons. The minimum atomic E-state index is -0.0854. The first-order chi connectivity index (χ1) is 8.77. The van der Waals surface area contributed by atoms with E-state index in [1.807, 2.05) is 30.0 Å². The quantitative estimate of drug-likeness (QED) is 0.629. The topological polar surface area (TPSA) is 23.5 Å². The number of hydrogen-bond acceptors (Lipinski definition) is 3. The first-order valence-corrected chi connectivity index (χ1v) is 7.52. The maximum Gasteiger partial charge on any atom is 0.104 e. The van der Waals surface area contributed by atoms with Crippen molar-refractivity contribution in [3.63, 3.8) is 0 Å². The highest BCUT2D eigenvalue weighted by Gasteiger charge is 2.03. The fraction of sp³-hybridized carbons (Fsp3) is 0.467. The van der Waals surface area contributed by atoms with Crippen LogP contribution in [0.3, 0.4) is 0 Å². The Balaban J connectivity index is 2.60. The van der Waals surface area contributed by atoms with Crippen LogP contribution in [0.25, 0.3) is 0 Å². The molecule has 1 N–H and O–H groups in total. The van der Waals surface area contributed by atoms with Gasteiger partial charge in [-0.2, -0.15) is 11.8 Å². The predicted molar refractivity (Wildman–Crippen MR) is 79.7 cm³/mol. The Morgan fingerprint density at radius 1 is 1.33 bits per heavy atom. The highest BCUT2D eigenvalue weighted by atomic mass is 32.2. The first kappa shape index (κ1) is 15.1. The number of aliphatic hydroxyl groups excluding tert-OH is 1. The fourth-order valence-electron chi connectivity index (χ4n) is 1.76. The lowest BCUT2D eigenvalue weighted by Gasteiger charge is -2.17. The third-order valence-corrected chi connectivity index (χ3v) is 3.34. The van der Waals surface area contributed by atoms with Crippen molar-refractivity contribution >= 4 is 11.8 Å². The molecular formula is C15H21NOS. The lowest BCUT2D eigenvalue weighted by Crippen LogP contribution is -2.20. The van der Waals surface area contributed by atoms with E-state index in [9.17, 15) is 0 Å². The number of rotatable bonds is 6. The smallest absolute Gasteiger partial charge is 0.104 e. The van der Waals surface area contributed by atoms with E-state index in [4.69, 9.17) is 5.11 Å². The van der Waals surface area contributed by atoms with Crippen LogP contribution in [0.4, 0.5) is 0 Å². The molecule has 1 aromatic rings. The van der Waals surface area contributed by atoms with Gasteiger partial charge in [0.15, 0.2) is 0 Å². The van der Waals surface area contributed by atoms with Crippen LogP contribution < -0.4 is 0 Å². The van der Waals surface area contributed by atoms with Crippen LogP contribution in [0.2, 0.25) is 0 Å². The molecule has 0 saturated heterocycles. The van der Waals surface area contributed by atoms with Crippen molar-refractivity contribution in [2.75, 3.05) is 32.2 Å². The fourth-order valence-corrected chi connectivity index (χ4v) is 2.18. The number of nitrogens with zero attached hydrogens (tertiary/aromatic N) is 1. The molecule has 0 atom stereocenters. The second-order valence-electron chi connectivity index (χ2n) is 4.20. The SMILES string of the molecule is CSCCCN(C)Cc1ccccc1C#CCO. The van der Waals surface area contributed by atoms with E-state index < -0.39 is 0 Å². The van der Waals surface area contributed by atoms with Gasteiger partial charge in [-0.25, -0.2) is 0 Å². The van der Waals surface area contributed by atoms with Gasteiger partial charge >= 0.3 is 0 Å². The van der Waals surface area contributed by atoms with Gasteiger partial charge in [-0.15, -0.1) is 0 Å². The molecule has 0 fully saturated rings. The zero-order chi connectivity index (χ0) is 13.2. The summed E-state index contributed by atoms with van der Waals surface area (Å²) < 4.78 is 0. The zero-order valence-electron chi connectivity index (χ0n) is 11.1. The van der Waals surface area contributed by atoms with Crippen molar-refractivity contribution in [2.24, 2.45) is 0 Å². The highest BCUT2D eigenvalue weighted by molar-refractivity contribution is 7.98. The monoisotopic (exact) mass is 263 g/mol. The Hall–Kier alpha value is -0.950. The molecular weight excluding hydrogens is 242 g/mol. The molecule has 0 aromatic heterocycles. The van der Waals surface area contributed by atoms with Crippen LogP contribution in [0.1, 0.15) is 17.5 Å². The molecule has 18 heavy (non-hydrogen) atoms. The van der Waals surface area contributed by atoms with Crippen LogP contribution in [0.5, 0.6) is 0 Å². The van der Waals surface area contributed by atoms with Gasteiger partial charge in [0, 0.05) is 12.1 Å². The van der Waals surface area contributed by atoms with Gasteiger partial charge in [-0.3, -0.25) is 0 Å². The van der Waals surface area contributed by atoms with Crippen molar-refractivity contribution in [2.45, 2.75) is 13.0 Å². The molecule has 0 unspecified atom stereocenters. The maximum absolute atomic E-state index is 8.76. The molecule has 2 nitrogen and oxygen atoms in total. The van der Waals surface area contributed by atoms with E-state index in [-0.39, 0.29) is 6.61 Å². The summed E-state index contributed by atoms with van der Waals surface area (Å²) in [5.41, 5.74) is 2.24. The number of hydrogen-bond donors (Lipinski definition) is 1. The molecule has 1 rings (SSSR count). The van der Waals surface area contributed by atoms with Crippen LogP contribution in [-0.4, -0.2) is 42.2 Å². The average molecular weight is 263 g/mol. The summed E-state index contributed by atoms with van der Waals surface area (Å²) in [7, 11) is 2.14. The number of thioether (sulfide) groups is 1. The summed E-state index contributed by atoms with van der Waals surface area (Å²) in [6, 6.07) is 8.13. The highest BCUT2D eigenvalue weighted by Crippen LogP contribution is 2.10. The van der Waals surface area contributed by atoms with Gasteiger partial charge in [-0.05, 0) is 43.7 Å². The van der Waals surface area contributed by atoms with Gasteiger partial charge in [0.1, 0.15) is 6.61 Å². The minimum absolute atomic E-state index is 0.0854. The molecule has 0 heterocycles. The Morgan fingerprint density at radius 2 is 2.11 bits per heavy atom.